The Morgan fingerprint density at radius 2 is 1.45 bits per heavy atom. The molecule has 4 nitrogen and oxygen atoms in total. The van der Waals surface area contributed by atoms with E-state index in [0.717, 1.165) is 22.3 Å². The van der Waals surface area contributed by atoms with Crippen molar-refractivity contribution in [1.29, 1.82) is 5.41 Å². The molecule has 0 fully saturated rings. The third-order valence-electron chi connectivity index (χ3n) is 4.63. The number of imidazole rings is 1. The summed E-state index contributed by atoms with van der Waals surface area (Å²) in [6.45, 7) is 1.62. The number of halogens is 3. The molecule has 4 aromatic rings. The summed E-state index contributed by atoms with van der Waals surface area (Å²) in [5.74, 6) is 0.828. The average Bonchev–Trinajstić information content (AvgIpc) is 2.97. The maximum atomic E-state index is 8.71. The van der Waals surface area contributed by atoms with Crippen LogP contribution >= 0.6 is 40.2 Å². The summed E-state index contributed by atoms with van der Waals surface area (Å²) in [6.07, 6.45) is 0. The lowest BCUT2D eigenvalue weighted by Crippen LogP contribution is -2.27. The molecular weight excluding hydrogens is 473 g/mol. The Morgan fingerprint density at radius 3 is 2.14 bits per heavy atom. The van der Waals surface area contributed by atoms with Crippen LogP contribution in [0.2, 0.25) is 10.0 Å². The number of benzene rings is 3. The highest BCUT2D eigenvalue weighted by Crippen LogP contribution is 2.23. The van der Waals surface area contributed by atoms with Gasteiger partial charge in [-0.05, 0) is 42.0 Å². The Bertz CT molecular complexity index is 1170. The Balaban J connectivity index is 0.00000240. The van der Waals surface area contributed by atoms with Crippen molar-refractivity contribution in [3.8, 4) is 5.75 Å². The predicted molar refractivity (Wildman–Crippen MR) is 124 cm³/mol. The zero-order valence-corrected chi connectivity index (χ0v) is 18.7. The molecular formula is C22H20BrCl2N3O. The van der Waals surface area contributed by atoms with Gasteiger partial charge >= 0.3 is 0 Å². The molecule has 0 saturated heterocycles. The zero-order chi connectivity index (χ0) is 19.5. The van der Waals surface area contributed by atoms with Gasteiger partial charge in [0.05, 0.1) is 34.2 Å². The summed E-state index contributed by atoms with van der Waals surface area (Å²) in [4.78, 5) is 0. The number of aromatic nitrogens is 2. The van der Waals surface area contributed by atoms with Gasteiger partial charge in [0.2, 0.25) is 5.62 Å². The first-order valence-electron chi connectivity index (χ1n) is 8.98. The monoisotopic (exact) mass is 491 g/mol. The van der Waals surface area contributed by atoms with Crippen molar-refractivity contribution in [2.24, 2.45) is 0 Å². The average molecular weight is 493 g/mol. The van der Waals surface area contributed by atoms with Gasteiger partial charge in [-0.25, -0.2) is 0 Å². The number of nitrogens with one attached hydrogen (secondary N) is 1. The van der Waals surface area contributed by atoms with Crippen LogP contribution in [0.1, 0.15) is 5.56 Å². The van der Waals surface area contributed by atoms with E-state index in [1.54, 1.807) is 6.07 Å². The number of hydrogen-bond acceptors (Lipinski definition) is 2. The Labute approximate surface area is 189 Å². The van der Waals surface area contributed by atoms with Crippen LogP contribution in [0.5, 0.6) is 5.75 Å². The van der Waals surface area contributed by atoms with Crippen molar-refractivity contribution in [2.75, 3.05) is 6.61 Å². The van der Waals surface area contributed by atoms with E-state index < -0.39 is 0 Å². The number of rotatable bonds is 6. The number of para-hydroxylation sites is 3. The lowest BCUT2D eigenvalue weighted by atomic mass is 10.2. The second-order valence-electron chi connectivity index (χ2n) is 6.46. The molecule has 0 aliphatic carbocycles. The first kappa shape index (κ1) is 21.5. The van der Waals surface area contributed by atoms with Gasteiger partial charge in [0.15, 0.2) is 0 Å². The summed E-state index contributed by atoms with van der Waals surface area (Å²) in [7, 11) is 0. The second kappa shape index (κ2) is 9.53. The molecule has 1 N–H and O–H groups in total. The Kier molecular flexibility index (Phi) is 7.06. The van der Waals surface area contributed by atoms with E-state index in [4.69, 9.17) is 33.3 Å². The van der Waals surface area contributed by atoms with Crippen molar-refractivity contribution >= 4 is 51.2 Å². The molecule has 0 bridgehead atoms. The van der Waals surface area contributed by atoms with Crippen molar-refractivity contribution < 1.29 is 4.74 Å². The number of fused-ring (bicyclic) bond motifs is 1. The van der Waals surface area contributed by atoms with Crippen molar-refractivity contribution in [2.45, 2.75) is 13.1 Å². The van der Waals surface area contributed by atoms with Gasteiger partial charge in [-0.2, -0.15) is 0 Å². The fourth-order valence-electron chi connectivity index (χ4n) is 3.27. The van der Waals surface area contributed by atoms with E-state index in [1.807, 2.05) is 75.9 Å². The first-order valence-corrected chi connectivity index (χ1v) is 9.73. The van der Waals surface area contributed by atoms with Gasteiger partial charge in [-0.15, -0.1) is 17.0 Å². The highest BCUT2D eigenvalue weighted by atomic mass is 79.9. The van der Waals surface area contributed by atoms with Crippen molar-refractivity contribution in [1.82, 2.24) is 9.13 Å². The quantitative estimate of drug-likeness (QED) is 0.356. The van der Waals surface area contributed by atoms with Crippen molar-refractivity contribution in [3.05, 3.63) is 94.0 Å². The van der Waals surface area contributed by atoms with E-state index >= 15 is 0 Å². The van der Waals surface area contributed by atoms with E-state index in [0.29, 0.717) is 35.4 Å². The summed E-state index contributed by atoms with van der Waals surface area (Å²) in [6, 6.07) is 23.3. The first-order chi connectivity index (χ1) is 13.6. The number of nitrogens with zero attached hydrogens (tertiary/aromatic N) is 2. The summed E-state index contributed by atoms with van der Waals surface area (Å²) in [5, 5.41) is 9.76. The molecule has 0 saturated carbocycles. The molecule has 1 heterocycles. The lowest BCUT2D eigenvalue weighted by Gasteiger charge is -2.08. The molecule has 7 heteroatoms. The van der Waals surface area contributed by atoms with E-state index in [9.17, 15) is 0 Å². The summed E-state index contributed by atoms with van der Waals surface area (Å²) in [5.41, 5.74) is 3.42. The molecule has 1 aromatic heterocycles. The fraction of sp³-hybridized carbons (Fsp3) is 0.136. The Hall–Kier alpha value is -2.21. The number of hydrogen-bond donors (Lipinski definition) is 1. The van der Waals surface area contributed by atoms with E-state index in [2.05, 4.69) is 0 Å². The molecule has 0 amide bonds. The third-order valence-corrected chi connectivity index (χ3v) is 5.37. The van der Waals surface area contributed by atoms with E-state index in [-0.39, 0.29) is 17.0 Å². The molecule has 0 spiro atoms. The van der Waals surface area contributed by atoms with Gasteiger partial charge in [0.25, 0.3) is 0 Å². The number of ether oxygens (including phenoxy) is 1. The fourth-order valence-corrected chi connectivity index (χ4v) is 3.59. The summed E-state index contributed by atoms with van der Waals surface area (Å²) < 4.78 is 9.76. The van der Waals surface area contributed by atoms with Crippen LogP contribution < -0.4 is 10.4 Å². The van der Waals surface area contributed by atoms with E-state index in [1.165, 1.54) is 0 Å². The minimum Gasteiger partial charge on any atom is -0.492 e. The highest BCUT2D eigenvalue weighted by molar-refractivity contribution is 8.93. The molecule has 0 unspecified atom stereocenters. The molecule has 29 heavy (non-hydrogen) atoms. The van der Waals surface area contributed by atoms with Crippen LogP contribution in [0.25, 0.3) is 11.0 Å². The third kappa shape index (κ3) is 4.69. The highest BCUT2D eigenvalue weighted by Gasteiger charge is 2.11. The molecule has 4 rings (SSSR count). The topological polar surface area (TPSA) is 42.9 Å². The van der Waals surface area contributed by atoms with Crippen LogP contribution in [0.3, 0.4) is 0 Å². The molecule has 0 aliphatic rings. The maximum absolute atomic E-state index is 8.71. The van der Waals surface area contributed by atoms with Crippen LogP contribution in [0, 0.1) is 5.41 Å². The van der Waals surface area contributed by atoms with Crippen LogP contribution in [-0.2, 0) is 13.1 Å². The molecule has 0 atom stereocenters. The lowest BCUT2D eigenvalue weighted by molar-refractivity contribution is 0.296. The maximum Gasteiger partial charge on any atom is 0.203 e. The van der Waals surface area contributed by atoms with Gasteiger partial charge < -0.3 is 13.9 Å². The smallest absolute Gasteiger partial charge is 0.203 e. The molecule has 3 aromatic carbocycles. The molecule has 150 valence electrons. The zero-order valence-electron chi connectivity index (χ0n) is 15.5. The standard InChI is InChI=1S/C22H19Cl2N3O.BrH/c23-18-11-10-16(14-19(18)24)15-27-21-9-5-4-8-20(21)26(22(27)25)12-13-28-17-6-2-1-3-7-17;/h1-11,14,25H,12-13,15H2;1H. The predicted octanol–water partition coefficient (Wildman–Crippen LogP) is 5.93. The summed E-state index contributed by atoms with van der Waals surface area (Å²) >= 11 is 12.2. The van der Waals surface area contributed by atoms with Crippen LogP contribution in [-0.4, -0.2) is 15.7 Å². The second-order valence-corrected chi connectivity index (χ2v) is 7.27. The minimum atomic E-state index is 0. The SMILES string of the molecule is Br.N=c1n(CCOc2ccccc2)c2ccccc2n1Cc1ccc(Cl)c(Cl)c1. The van der Waals surface area contributed by atoms with Crippen LogP contribution in [0.4, 0.5) is 0 Å². The largest absolute Gasteiger partial charge is 0.492 e. The van der Waals surface area contributed by atoms with Gasteiger partial charge in [0, 0.05) is 0 Å². The minimum absolute atomic E-state index is 0. The molecule has 0 radical (unpaired) electrons. The Morgan fingerprint density at radius 1 is 0.793 bits per heavy atom. The van der Waals surface area contributed by atoms with Crippen molar-refractivity contribution in [3.63, 3.8) is 0 Å². The van der Waals surface area contributed by atoms with Crippen LogP contribution in [0.15, 0.2) is 72.8 Å². The van der Waals surface area contributed by atoms with Gasteiger partial charge in [0.1, 0.15) is 12.4 Å². The molecule has 0 aliphatic heterocycles. The van der Waals surface area contributed by atoms with Gasteiger partial charge in [-0.3, -0.25) is 5.41 Å². The van der Waals surface area contributed by atoms with Gasteiger partial charge in [-0.1, -0.05) is 59.6 Å². The normalized spacial score (nSPS) is 10.7.